The van der Waals surface area contributed by atoms with Gasteiger partial charge in [-0.3, -0.25) is 0 Å². The highest BCUT2D eigenvalue weighted by atomic mass is 32.1. The molecule has 0 amide bonds. The van der Waals surface area contributed by atoms with Gasteiger partial charge in [0.2, 0.25) is 0 Å². The molecule has 0 aliphatic carbocycles. The molecule has 2 rings (SSSR count). The Morgan fingerprint density at radius 1 is 1.43 bits per heavy atom. The molecule has 2 aromatic heterocycles. The van der Waals surface area contributed by atoms with Crippen LogP contribution in [0.3, 0.4) is 0 Å². The average molecular weight is 225 g/mol. The molecule has 0 radical (unpaired) electrons. The average Bonchev–Trinajstić information content (AvgIpc) is 2.85. The van der Waals surface area contributed by atoms with E-state index in [4.69, 9.17) is 0 Å². The maximum atomic E-state index is 4.49. The van der Waals surface area contributed by atoms with Crippen LogP contribution in [0.15, 0.2) is 16.3 Å². The molecule has 14 heavy (non-hydrogen) atoms. The lowest BCUT2D eigenvalue weighted by Gasteiger charge is -1.94. The topological polar surface area (TPSA) is 37.8 Å². The zero-order chi connectivity index (χ0) is 9.80. The number of nitrogens with zero attached hydrogens (tertiary/aromatic N) is 2. The van der Waals surface area contributed by atoms with Crippen LogP contribution >= 0.6 is 22.7 Å². The van der Waals surface area contributed by atoms with Crippen LogP contribution in [-0.4, -0.2) is 16.5 Å². The third kappa shape index (κ3) is 2.17. The molecule has 0 aromatic carbocycles. The number of hydrogen-bond donors (Lipinski definition) is 1. The van der Waals surface area contributed by atoms with Crippen LogP contribution in [0.5, 0.6) is 0 Å². The zero-order valence-corrected chi connectivity index (χ0v) is 9.49. The molecular formula is C9H11N3S2. The van der Waals surface area contributed by atoms with Gasteiger partial charge >= 0.3 is 0 Å². The highest BCUT2D eigenvalue weighted by Crippen LogP contribution is 2.22. The fourth-order valence-electron chi connectivity index (χ4n) is 1.08. The summed E-state index contributed by atoms with van der Waals surface area (Å²) in [6.45, 7) is 3.91. The van der Waals surface area contributed by atoms with Crippen LogP contribution in [0.4, 0.5) is 0 Å². The Morgan fingerprint density at radius 2 is 2.36 bits per heavy atom. The standard InChI is InChI=1S/C9H11N3S2/c1-2-10-3-7-4-14-9(12-7)8-5-13-6-11-8/h4-6,10H,2-3H2,1H3. The van der Waals surface area contributed by atoms with Gasteiger partial charge in [0.1, 0.15) is 10.7 Å². The van der Waals surface area contributed by atoms with Crippen LogP contribution < -0.4 is 5.32 Å². The second-order valence-electron chi connectivity index (χ2n) is 2.80. The summed E-state index contributed by atoms with van der Waals surface area (Å²) in [6, 6.07) is 0. The van der Waals surface area contributed by atoms with Crippen LogP contribution in [0.1, 0.15) is 12.6 Å². The van der Waals surface area contributed by atoms with Gasteiger partial charge in [0.25, 0.3) is 0 Å². The summed E-state index contributed by atoms with van der Waals surface area (Å²) in [7, 11) is 0. The van der Waals surface area contributed by atoms with Crippen molar-refractivity contribution in [1.82, 2.24) is 15.3 Å². The molecule has 74 valence electrons. The van der Waals surface area contributed by atoms with Gasteiger partial charge < -0.3 is 5.32 Å². The molecule has 0 atom stereocenters. The van der Waals surface area contributed by atoms with Crippen molar-refractivity contribution >= 4 is 22.7 Å². The summed E-state index contributed by atoms with van der Waals surface area (Å²) >= 11 is 3.25. The molecular weight excluding hydrogens is 214 g/mol. The Balaban J connectivity index is 2.10. The number of rotatable bonds is 4. The molecule has 1 N–H and O–H groups in total. The molecule has 0 unspecified atom stereocenters. The van der Waals surface area contributed by atoms with Gasteiger partial charge in [0, 0.05) is 17.3 Å². The molecule has 5 heteroatoms. The summed E-state index contributed by atoms with van der Waals surface area (Å²) in [6.07, 6.45) is 0. The van der Waals surface area contributed by atoms with Gasteiger partial charge in [-0.2, -0.15) is 0 Å². The second kappa shape index (κ2) is 4.63. The highest BCUT2D eigenvalue weighted by molar-refractivity contribution is 7.13. The molecule has 0 bridgehead atoms. The Hall–Kier alpha value is -0.780. The van der Waals surface area contributed by atoms with Crippen molar-refractivity contribution in [3.05, 3.63) is 22.0 Å². The van der Waals surface area contributed by atoms with Gasteiger partial charge in [-0.15, -0.1) is 22.7 Å². The fraction of sp³-hybridized carbons (Fsp3) is 0.333. The summed E-state index contributed by atoms with van der Waals surface area (Å²) in [5.41, 5.74) is 3.92. The Kier molecular flexibility index (Phi) is 3.23. The minimum absolute atomic E-state index is 0.844. The molecule has 0 aliphatic heterocycles. The number of nitrogens with one attached hydrogen (secondary N) is 1. The van der Waals surface area contributed by atoms with Gasteiger partial charge in [-0.05, 0) is 6.54 Å². The Bertz CT molecular complexity index is 380. The van der Waals surface area contributed by atoms with E-state index >= 15 is 0 Å². The molecule has 0 saturated heterocycles. The summed E-state index contributed by atoms with van der Waals surface area (Å²) in [4.78, 5) is 8.72. The first kappa shape index (κ1) is 9.76. The van der Waals surface area contributed by atoms with E-state index in [0.29, 0.717) is 0 Å². The highest BCUT2D eigenvalue weighted by Gasteiger charge is 2.05. The van der Waals surface area contributed by atoms with Crippen LogP contribution in [0.25, 0.3) is 10.7 Å². The summed E-state index contributed by atoms with van der Waals surface area (Å²) < 4.78 is 0. The van der Waals surface area contributed by atoms with E-state index < -0.39 is 0 Å². The molecule has 0 aliphatic rings. The third-order valence-electron chi connectivity index (χ3n) is 1.76. The van der Waals surface area contributed by atoms with E-state index in [0.717, 1.165) is 29.5 Å². The number of aromatic nitrogens is 2. The third-order valence-corrected chi connectivity index (χ3v) is 3.26. The first-order chi connectivity index (χ1) is 6.90. The quantitative estimate of drug-likeness (QED) is 0.868. The minimum Gasteiger partial charge on any atom is -0.311 e. The van der Waals surface area contributed by atoms with E-state index in [1.807, 2.05) is 10.9 Å². The van der Waals surface area contributed by atoms with Gasteiger partial charge in [-0.1, -0.05) is 6.92 Å². The molecule has 2 heterocycles. The maximum Gasteiger partial charge on any atom is 0.143 e. The lowest BCUT2D eigenvalue weighted by molar-refractivity contribution is 0.715. The van der Waals surface area contributed by atoms with Gasteiger partial charge in [0.15, 0.2) is 0 Å². The first-order valence-electron chi connectivity index (χ1n) is 4.44. The van der Waals surface area contributed by atoms with Crippen molar-refractivity contribution in [2.75, 3.05) is 6.54 Å². The van der Waals surface area contributed by atoms with Crippen molar-refractivity contribution in [1.29, 1.82) is 0 Å². The van der Waals surface area contributed by atoms with Crippen molar-refractivity contribution in [2.24, 2.45) is 0 Å². The fourth-order valence-corrected chi connectivity index (χ4v) is 2.47. The van der Waals surface area contributed by atoms with Crippen molar-refractivity contribution in [3.8, 4) is 10.7 Å². The van der Waals surface area contributed by atoms with Crippen LogP contribution in [-0.2, 0) is 6.54 Å². The van der Waals surface area contributed by atoms with Crippen molar-refractivity contribution < 1.29 is 0 Å². The molecule has 0 spiro atoms. The summed E-state index contributed by atoms with van der Waals surface area (Å²) in [5.74, 6) is 0. The van der Waals surface area contributed by atoms with Crippen molar-refractivity contribution in [3.63, 3.8) is 0 Å². The largest absolute Gasteiger partial charge is 0.311 e. The van der Waals surface area contributed by atoms with Crippen LogP contribution in [0, 0.1) is 0 Å². The Labute approximate surface area is 90.9 Å². The zero-order valence-electron chi connectivity index (χ0n) is 7.86. The molecule has 0 fully saturated rings. The van der Waals surface area contributed by atoms with E-state index in [1.54, 1.807) is 22.7 Å². The van der Waals surface area contributed by atoms with E-state index in [2.05, 4.69) is 27.6 Å². The smallest absolute Gasteiger partial charge is 0.143 e. The van der Waals surface area contributed by atoms with E-state index in [1.165, 1.54) is 0 Å². The predicted octanol–water partition coefficient (Wildman–Crippen LogP) is 2.38. The van der Waals surface area contributed by atoms with Crippen LogP contribution in [0.2, 0.25) is 0 Å². The normalized spacial score (nSPS) is 10.6. The number of hydrogen-bond acceptors (Lipinski definition) is 5. The lowest BCUT2D eigenvalue weighted by Crippen LogP contribution is -2.11. The number of thiazole rings is 2. The van der Waals surface area contributed by atoms with Gasteiger partial charge in [0.05, 0.1) is 11.2 Å². The SMILES string of the molecule is CCNCc1csc(-c2cscn2)n1. The van der Waals surface area contributed by atoms with Crippen molar-refractivity contribution in [2.45, 2.75) is 13.5 Å². The monoisotopic (exact) mass is 225 g/mol. The lowest BCUT2D eigenvalue weighted by atomic mass is 10.4. The van der Waals surface area contributed by atoms with E-state index in [9.17, 15) is 0 Å². The Morgan fingerprint density at radius 3 is 3.07 bits per heavy atom. The predicted molar refractivity (Wildman–Crippen MR) is 60.6 cm³/mol. The van der Waals surface area contributed by atoms with Gasteiger partial charge in [-0.25, -0.2) is 9.97 Å². The summed E-state index contributed by atoms with van der Waals surface area (Å²) in [5, 5.41) is 8.37. The molecule has 2 aromatic rings. The first-order valence-corrected chi connectivity index (χ1v) is 6.26. The molecule has 3 nitrogen and oxygen atoms in total. The minimum atomic E-state index is 0.844. The van der Waals surface area contributed by atoms with E-state index in [-0.39, 0.29) is 0 Å². The maximum absolute atomic E-state index is 4.49. The molecule has 0 saturated carbocycles. The second-order valence-corrected chi connectivity index (χ2v) is 4.37.